The molecule has 1 amide bonds. The fraction of sp³-hybridized carbons (Fsp3) is 0.333. The Balaban J connectivity index is 1.57. The number of carbonyl (C=O) groups excluding carboxylic acids is 1. The van der Waals surface area contributed by atoms with Crippen LogP contribution in [0.25, 0.3) is 11.3 Å². The van der Waals surface area contributed by atoms with Crippen LogP contribution < -0.4 is 10.6 Å². The van der Waals surface area contributed by atoms with Gasteiger partial charge in [-0.05, 0) is 42.5 Å². The summed E-state index contributed by atoms with van der Waals surface area (Å²) >= 11 is 5.95. The summed E-state index contributed by atoms with van der Waals surface area (Å²) in [5.41, 5.74) is 4.89. The SMILES string of the molecule is CCOCc1cnc(Cl)nc1Nc1ncc2c(c1F)-c1[nH]c3c(c1CC2)C(=O)NCC3. The molecule has 1 aliphatic heterocycles. The molecule has 160 valence electrons. The number of nitrogens with zero attached hydrogens (tertiary/aromatic N) is 3. The van der Waals surface area contributed by atoms with Crippen LogP contribution in [0.4, 0.5) is 16.0 Å². The van der Waals surface area contributed by atoms with Gasteiger partial charge in [-0.1, -0.05) is 0 Å². The highest BCUT2D eigenvalue weighted by atomic mass is 35.5. The number of pyridine rings is 1. The summed E-state index contributed by atoms with van der Waals surface area (Å²) in [5, 5.41) is 5.85. The number of aromatic nitrogens is 4. The van der Waals surface area contributed by atoms with Gasteiger partial charge >= 0.3 is 0 Å². The Kier molecular flexibility index (Phi) is 5.07. The number of halogens is 2. The highest BCUT2D eigenvalue weighted by Crippen LogP contribution is 2.40. The summed E-state index contributed by atoms with van der Waals surface area (Å²) < 4.78 is 21.2. The maximum atomic E-state index is 15.7. The Bertz CT molecular complexity index is 1200. The Hall–Kier alpha value is -3.04. The third kappa shape index (κ3) is 3.43. The molecule has 3 aromatic heterocycles. The van der Waals surface area contributed by atoms with E-state index in [4.69, 9.17) is 16.3 Å². The van der Waals surface area contributed by atoms with Crippen molar-refractivity contribution >= 4 is 29.1 Å². The third-order valence-electron chi connectivity index (χ3n) is 5.59. The number of carbonyl (C=O) groups is 1. The van der Waals surface area contributed by atoms with Gasteiger partial charge in [0, 0.05) is 48.8 Å². The van der Waals surface area contributed by atoms with Gasteiger partial charge in [-0.2, -0.15) is 0 Å². The van der Waals surface area contributed by atoms with Gasteiger partial charge in [0.2, 0.25) is 5.28 Å². The maximum absolute atomic E-state index is 15.7. The van der Waals surface area contributed by atoms with E-state index in [0.717, 1.165) is 16.8 Å². The molecule has 0 bridgehead atoms. The first-order chi connectivity index (χ1) is 15.1. The number of amides is 1. The summed E-state index contributed by atoms with van der Waals surface area (Å²) in [6.45, 7) is 3.22. The van der Waals surface area contributed by atoms with Crippen LogP contribution in [0, 0.1) is 5.82 Å². The lowest BCUT2D eigenvalue weighted by Crippen LogP contribution is -2.32. The molecule has 5 rings (SSSR count). The van der Waals surface area contributed by atoms with Crippen LogP contribution in [0.3, 0.4) is 0 Å². The normalized spacial score (nSPS) is 14.5. The average Bonchev–Trinajstić information content (AvgIpc) is 3.15. The number of ether oxygens (including phenoxy) is 1. The highest BCUT2D eigenvalue weighted by molar-refractivity contribution is 6.28. The zero-order valence-electron chi connectivity index (χ0n) is 16.8. The molecule has 3 N–H and O–H groups in total. The number of rotatable bonds is 5. The number of hydrogen-bond donors (Lipinski definition) is 3. The molecule has 3 aromatic rings. The van der Waals surface area contributed by atoms with E-state index in [9.17, 15) is 4.79 Å². The van der Waals surface area contributed by atoms with Crippen molar-refractivity contribution < 1.29 is 13.9 Å². The fourth-order valence-corrected chi connectivity index (χ4v) is 4.30. The van der Waals surface area contributed by atoms with Gasteiger partial charge in [0.1, 0.15) is 5.82 Å². The fourth-order valence-electron chi connectivity index (χ4n) is 4.16. The molecule has 31 heavy (non-hydrogen) atoms. The van der Waals surface area contributed by atoms with E-state index in [0.29, 0.717) is 60.6 Å². The number of fused-ring (bicyclic) bond motifs is 5. The lowest BCUT2D eigenvalue weighted by molar-refractivity contribution is 0.0945. The van der Waals surface area contributed by atoms with Gasteiger partial charge in [-0.15, -0.1) is 0 Å². The summed E-state index contributed by atoms with van der Waals surface area (Å²) in [6.07, 6.45) is 5.17. The van der Waals surface area contributed by atoms with Crippen molar-refractivity contribution in [3.8, 4) is 11.3 Å². The van der Waals surface area contributed by atoms with Gasteiger partial charge in [-0.3, -0.25) is 4.79 Å². The van der Waals surface area contributed by atoms with Crippen molar-refractivity contribution in [2.24, 2.45) is 0 Å². The van der Waals surface area contributed by atoms with E-state index in [1.54, 1.807) is 12.4 Å². The average molecular weight is 443 g/mol. The summed E-state index contributed by atoms with van der Waals surface area (Å²) in [4.78, 5) is 28.1. The molecule has 0 spiro atoms. The second-order valence-corrected chi connectivity index (χ2v) is 7.77. The number of anilines is 2. The quantitative estimate of drug-likeness (QED) is 0.523. The van der Waals surface area contributed by atoms with Crippen molar-refractivity contribution in [3.63, 3.8) is 0 Å². The molecule has 4 heterocycles. The Morgan fingerprint density at radius 1 is 1.19 bits per heavy atom. The lowest BCUT2D eigenvalue weighted by Gasteiger charge is -2.20. The van der Waals surface area contributed by atoms with E-state index in [2.05, 4.69) is 30.6 Å². The smallest absolute Gasteiger partial charge is 0.253 e. The van der Waals surface area contributed by atoms with E-state index < -0.39 is 5.82 Å². The van der Waals surface area contributed by atoms with Crippen LogP contribution in [-0.4, -0.2) is 39.0 Å². The molecule has 0 aromatic carbocycles. The topological polar surface area (TPSA) is 105 Å². The van der Waals surface area contributed by atoms with Crippen LogP contribution in [0.1, 0.15) is 39.7 Å². The number of H-pyrrole nitrogens is 1. The van der Waals surface area contributed by atoms with Crippen molar-refractivity contribution in [1.29, 1.82) is 0 Å². The molecule has 0 radical (unpaired) electrons. The first-order valence-electron chi connectivity index (χ1n) is 10.1. The van der Waals surface area contributed by atoms with Gasteiger partial charge in [0.25, 0.3) is 5.91 Å². The van der Waals surface area contributed by atoms with E-state index in [-0.39, 0.29) is 23.6 Å². The Morgan fingerprint density at radius 3 is 2.90 bits per heavy atom. The van der Waals surface area contributed by atoms with Crippen molar-refractivity contribution in [2.45, 2.75) is 32.8 Å². The van der Waals surface area contributed by atoms with Gasteiger partial charge in [-0.25, -0.2) is 19.3 Å². The molecule has 1 aliphatic carbocycles. The molecule has 8 nitrogen and oxygen atoms in total. The zero-order valence-corrected chi connectivity index (χ0v) is 17.6. The highest BCUT2D eigenvalue weighted by Gasteiger charge is 2.32. The molecule has 0 unspecified atom stereocenters. The van der Waals surface area contributed by atoms with Crippen LogP contribution in [0.5, 0.6) is 0 Å². The monoisotopic (exact) mass is 442 g/mol. The summed E-state index contributed by atoms with van der Waals surface area (Å²) in [5.74, 6) is -0.252. The van der Waals surface area contributed by atoms with Crippen molar-refractivity contribution in [2.75, 3.05) is 18.5 Å². The van der Waals surface area contributed by atoms with Crippen LogP contribution in [0.2, 0.25) is 5.28 Å². The molecular weight excluding hydrogens is 423 g/mol. The molecule has 0 fully saturated rings. The molecule has 2 aliphatic rings. The van der Waals surface area contributed by atoms with Gasteiger partial charge in [0.05, 0.1) is 17.9 Å². The second kappa shape index (κ2) is 7.90. The second-order valence-electron chi connectivity index (χ2n) is 7.43. The molecule has 0 atom stereocenters. The van der Waals surface area contributed by atoms with Crippen LogP contribution in [-0.2, 0) is 30.6 Å². The standard InChI is InChI=1S/C21H20ClFN6O2/c1-2-31-9-11-8-26-21(22)29-18(11)28-19-16(23)14-10(7-25-19)3-4-12-15-13(27-17(12)14)5-6-24-20(15)30/h7-8,27H,2-6,9H2,1H3,(H,24,30)(H,25,26,28,29). The van der Waals surface area contributed by atoms with Crippen molar-refractivity contribution in [1.82, 2.24) is 25.3 Å². The lowest BCUT2D eigenvalue weighted by atomic mass is 9.88. The van der Waals surface area contributed by atoms with Gasteiger partial charge in [0.15, 0.2) is 11.6 Å². The maximum Gasteiger partial charge on any atom is 0.253 e. The van der Waals surface area contributed by atoms with Crippen molar-refractivity contribution in [3.05, 3.63) is 51.4 Å². The minimum Gasteiger partial charge on any atom is -0.377 e. The minimum absolute atomic E-state index is 0.0242. The molecule has 0 saturated heterocycles. The van der Waals surface area contributed by atoms with E-state index >= 15 is 4.39 Å². The Labute approximate surface area is 182 Å². The third-order valence-corrected chi connectivity index (χ3v) is 5.78. The zero-order chi connectivity index (χ0) is 21.5. The predicted molar refractivity (Wildman–Crippen MR) is 113 cm³/mol. The number of nitrogens with one attached hydrogen (secondary N) is 3. The van der Waals surface area contributed by atoms with Crippen LogP contribution in [0.15, 0.2) is 12.4 Å². The summed E-state index contributed by atoms with van der Waals surface area (Å²) in [7, 11) is 0. The van der Waals surface area contributed by atoms with E-state index in [1.807, 2.05) is 6.92 Å². The van der Waals surface area contributed by atoms with Gasteiger partial charge < -0.3 is 20.4 Å². The largest absolute Gasteiger partial charge is 0.377 e. The van der Waals surface area contributed by atoms with Crippen LogP contribution >= 0.6 is 11.6 Å². The number of hydrogen-bond acceptors (Lipinski definition) is 6. The Morgan fingerprint density at radius 2 is 2.06 bits per heavy atom. The first kappa shape index (κ1) is 19.9. The predicted octanol–water partition coefficient (Wildman–Crippen LogP) is 3.32. The minimum atomic E-state index is -0.505. The first-order valence-corrected chi connectivity index (χ1v) is 10.5. The molecule has 10 heteroatoms. The number of aromatic amines is 1. The molecular formula is C21H20ClFN6O2. The summed E-state index contributed by atoms with van der Waals surface area (Å²) in [6, 6.07) is 0. The molecule has 0 saturated carbocycles. The number of aryl methyl sites for hydroxylation is 1. The van der Waals surface area contributed by atoms with E-state index in [1.165, 1.54) is 0 Å².